The summed E-state index contributed by atoms with van der Waals surface area (Å²) in [5.41, 5.74) is 2.97. The smallest absolute Gasteiger partial charge is 0.239 e. The summed E-state index contributed by atoms with van der Waals surface area (Å²) in [7, 11) is 0. The highest BCUT2D eigenvalue weighted by Gasteiger charge is 2.12. The monoisotopic (exact) mass is 244 g/mol. The Bertz CT molecular complexity index is 529. The molecule has 1 amide bonds. The van der Waals surface area contributed by atoms with E-state index in [2.05, 4.69) is 10.5 Å². The zero-order valence-corrected chi connectivity index (χ0v) is 10.6. The van der Waals surface area contributed by atoms with Crippen molar-refractivity contribution in [3.63, 3.8) is 0 Å². The van der Waals surface area contributed by atoms with Crippen molar-refractivity contribution >= 4 is 11.8 Å². The van der Waals surface area contributed by atoms with Gasteiger partial charge in [-0.2, -0.15) is 0 Å². The topological polar surface area (TPSA) is 55.1 Å². The molecule has 0 saturated heterocycles. The van der Waals surface area contributed by atoms with Crippen molar-refractivity contribution < 1.29 is 9.32 Å². The minimum Gasteiger partial charge on any atom is -0.338 e. The van der Waals surface area contributed by atoms with Crippen LogP contribution in [0.5, 0.6) is 0 Å². The summed E-state index contributed by atoms with van der Waals surface area (Å²) in [5, 5.41) is 6.48. The molecule has 94 valence electrons. The zero-order chi connectivity index (χ0) is 13.0. The van der Waals surface area contributed by atoms with Gasteiger partial charge in [0.15, 0.2) is 0 Å². The first-order valence-corrected chi connectivity index (χ1v) is 6.02. The quantitative estimate of drug-likeness (QED) is 0.896. The zero-order valence-electron chi connectivity index (χ0n) is 10.6. The number of nitrogens with one attached hydrogen (secondary N) is 1. The van der Waals surface area contributed by atoms with Gasteiger partial charge in [-0.1, -0.05) is 41.9 Å². The molecule has 2 aromatic rings. The Morgan fingerprint density at radius 3 is 2.72 bits per heavy atom. The van der Waals surface area contributed by atoms with Crippen LogP contribution >= 0.6 is 0 Å². The van der Waals surface area contributed by atoms with Crippen LogP contribution in [0.4, 0.5) is 5.88 Å². The van der Waals surface area contributed by atoms with E-state index in [-0.39, 0.29) is 5.91 Å². The van der Waals surface area contributed by atoms with Gasteiger partial charge < -0.3 is 4.52 Å². The number of hydrogen-bond acceptors (Lipinski definition) is 3. The molecule has 0 unspecified atom stereocenters. The highest BCUT2D eigenvalue weighted by atomic mass is 16.5. The standard InChI is InChI=1S/C14H16N2O2/c1-3-4-13(17)16-14-12(9-15-18-14)11-7-5-10(2)6-8-11/h5-9H,3-4H2,1-2H3,(H,16,17). The molecular weight excluding hydrogens is 228 g/mol. The Morgan fingerprint density at radius 1 is 1.33 bits per heavy atom. The molecule has 0 aliphatic carbocycles. The minimum absolute atomic E-state index is 0.0531. The fourth-order valence-electron chi connectivity index (χ4n) is 1.68. The van der Waals surface area contributed by atoms with Crippen molar-refractivity contribution in [3.05, 3.63) is 36.0 Å². The number of hydrogen-bond donors (Lipinski definition) is 1. The van der Waals surface area contributed by atoms with Crippen LogP contribution in [0.1, 0.15) is 25.3 Å². The average molecular weight is 244 g/mol. The maximum absolute atomic E-state index is 11.5. The molecule has 0 aliphatic heterocycles. The molecule has 2 rings (SSSR count). The lowest BCUT2D eigenvalue weighted by atomic mass is 10.1. The van der Waals surface area contributed by atoms with Crippen LogP contribution in [0.3, 0.4) is 0 Å². The molecule has 4 heteroatoms. The number of aromatic nitrogens is 1. The molecule has 0 atom stereocenters. The molecule has 1 aromatic carbocycles. The second-order valence-corrected chi connectivity index (χ2v) is 4.23. The third-order valence-electron chi connectivity index (χ3n) is 2.66. The highest BCUT2D eigenvalue weighted by molar-refractivity contribution is 5.93. The number of carbonyl (C=O) groups excluding carboxylic acids is 1. The molecule has 1 N–H and O–H groups in total. The molecule has 18 heavy (non-hydrogen) atoms. The van der Waals surface area contributed by atoms with Crippen LogP contribution in [0, 0.1) is 6.92 Å². The number of anilines is 1. The number of carbonyl (C=O) groups is 1. The molecule has 0 bridgehead atoms. The van der Waals surface area contributed by atoms with Crippen LogP contribution in [-0.2, 0) is 4.79 Å². The van der Waals surface area contributed by atoms with E-state index in [1.54, 1.807) is 6.20 Å². The van der Waals surface area contributed by atoms with E-state index in [4.69, 9.17) is 4.52 Å². The van der Waals surface area contributed by atoms with Gasteiger partial charge in [-0.25, -0.2) is 0 Å². The maximum atomic E-state index is 11.5. The third kappa shape index (κ3) is 2.77. The largest absolute Gasteiger partial charge is 0.338 e. The van der Waals surface area contributed by atoms with Crippen molar-refractivity contribution in [1.82, 2.24) is 5.16 Å². The average Bonchev–Trinajstić information content (AvgIpc) is 2.78. The van der Waals surface area contributed by atoms with Crippen molar-refractivity contribution in [2.75, 3.05) is 5.32 Å². The van der Waals surface area contributed by atoms with Gasteiger partial charge in [0.25, 0.3) is 0 Å². The van der Waals surface area contributed by atoms with E-state index < -0.39 is 0 Å². The lowest BCUT2D eigenvalue weighted by Gasteiger charge is -2.03. The molecular formula is C14H16N2O2. The summed E-state index contributed by atoms with van der Waals surface area (Å²) < 4.78 is 5.08. The first kappa shape index (κ1) is 12.4. The number of amides is 1. The van der Waals surface area contributed by atoms with E-state index in [1.807, 2.05) is 38.1 Å². The second kappa shape index (κ2) is 5.49. The van der Waals surface area contributed by atoms with Crippen LogP contribution in [0.15, 0.2) is 35.0 Å². The maximum Gasteiger partial charge on any atom is 0.239 e. The molecule has 0 aliphatic rings. The molecule has 1 aromatic heterocycles. The van der Waals surface area contributed by atoms with E-state index >= 15 is 0 Å². The Hall–Kier alpha value is -2.10. The number of benzene rings is 1. The van der Waals surface area contributed by atoms with E-state index in [0.29, 0.717) is 12.3 Å². The van der Waals surface area contributed by atoms with Crippen molar-refractivity contribution in [3.8, 4) is 11.1 Å². The predicted molar refractivity (Wildman–Crippen MR) is 70.2 cm³/mol. The van der Waals surface area contributed by atoms with Crippen molar-refractivity contribution in [2.45, 2.75) is 26.7 Å². The van der Waals surface area contributed by atoms with Gasteiger partial charge >= 0.3 is 0 Å². The normalized spacial score (nSPS) is 10.3. The highest BCUT2D eigenvalue weighted by Crippen LogP contribution is 2.27. The van der Waals surface area contributed by atoms with Crippen LogP contribution < -0.4 is 5.32 Å². The predicted octanol–water partition coefficient (Wildman–Crippen LogP) is 3.39. The summed E-state index contributed by atoms with van der Waals surface area (Å²) in [6.07, 6.45) is 2.90. The summed E-state index contributed by atoms with van der Waals surface area (Å²) >= 11 is 0. The molecule has 0 saturated carbocycles. The third-order valence-corrected chi connectivity index (χ3v) is 2.66. The Kier molecular flexibility index (Phi) is 3.77. The molecule has 0 radical (unpaired) electrons. The fraction of sp³-hybridized carbons (Fsp3) is 0.286. The Balaban J connectivity index is 2.22. The lowest BCUT2D eigenvalue weighted by molar-refractivity contribution is -0.116. The van der Waals surface area contributed by atoms with E-state index in [1.165, 1.54) is 5.56 Å². The summed E-state index contributed by atoms with van der Waals surface area (Å²) in [4.78, 5) is 11.5. The van der Waals surface area contributed by atoms with E-state index in [9.17, 15) is 4.79 Å². The van der Waals surface area contributed by atoms with Gasteiger partial charge in [-0.3, -0.25) is 10.1 Å². The lowest BCUT2D eigenvalue weighted by Crippen LogP contribution is -2.10. The minimum atomic E-state index is -0.0531. The molecule has 1 heterocycles. The van der Waals surface area contributed by atoms with Gasteiger partial charge in [0, 0.05) is 6.42 Å². The number of nitrogens with zero attached hydrogens (tertiary/aromatic N) is 1. The van der Waals surface area contributed by atoms with Gasteiger partial charge in [-0.15, -0.1) is 0 Å². The van der Waals surface area contributed by atoms with Crippen LogP contribution in [0.2, 0.25) is 0 Å². The van der Waals surface area contributed by atoms with Gasteiger partial charge in [-0.05, 0) is 18.9 Å². The Morgan fingerprint density at radius 2 is 2.06 bits per heavy atom. The van der Waals surface area contributed by atoms with Gasteiger partial charge in [0.05, 0.1) is 11.8 Å². The SMILES string of the molecule is CCCC(=O)Nc1oncc1-c1ccc(C)cc1. The summed E-state index contributed by atoms with van der Waals surface area (Å²) in [6, 6.07) is 7.99. The first-order valence-electron chi connectivity index (χ1n) is 6.02. The van der Waals surface area contributed by atoms with Gasteiger partial charge in [0.2, 0.25) is 11.8 Å². The van der Waals surface area contributed by atoms with Crippen LogP contribution in [0.25, 0.3) is 11.1 Å². The number of aryl methyl sites for hydroxylation is 1. The summed E-state index contributed by atoms with van der Waals surface area (Å²) in [5.74, 6) is 0.361. The molecule has 0 spiro atoms. The van der Waals surface area contributed by atoms with E-state index in [0.717, 1.165) is 17.5 Å². The van der Waals surface area contributed by atoms with Crippen molar-refractivity contribution in [2.24, 2.45) is 0 Å². The second-order valence-electron chi connectivity index (χ2n) is 4.23. The molecule has 4 nitrogen and oxygen atoms in total. The summed E-state index contributed by atoms with van der Waals surface area (Å²) in [6.45, 7) is 3.99. The number of rotatable bonds is 4. The molecule has 0 fully saturated rings. The van der Waals surface area contributed by atoms with Crippen molar-refractivity contribution in [1.29, 1.82) is 0 Å². The Labute approximate surface area is 106 Å². The first-order chi connectivity index (χ1) is 8.70. The van der Waals surface area contributed by atoms with Gasteiger partial charge in [0.1, 0.15) is 0 Å². The van der Waals surface area contributed by atoms with Crippen LogP contribution in [-0.4, -0.2) is 11.1 Å². The fourth-order valence-corrected chi connectivity index (χ4v) is 1.68.